The molecule has 1 amide bonds. The molecular formula is C30H29N5O2S2. The van der Waals surface area contributed by atoms with Crippen molar-refractivity contribution in [1.29, 1.82) is 5.26 Å². The Bertz CT molecular complexity index is 1550. The van der Waals surface area contributed by atoms with Gasteiger partial charge in [0, 0.05) is 44.5 Å². The highest BCUT2D eigenvalue weighted by molar-refractivity contribution is 8.26. The molecule has 3 aromatic rings. The van der Waals surface area contributed by atoms with Gasteiger partial charge in [0.2, 0.25) is 0 Å². The molecule has 1 unspecified atom stereocenters. The normalized spacial score (nSPS) is 17.6. The minimum Gasteiger partial charge on any atom is -0.368 e. The summed E-state index contributed by atoms with van der Waals surface area (Å²) in [5.74, 6) is 0.540. The number of hydrogen-bond donors (Lipinski definition) is 0. The molecule has 0 N–H and O–H groups in total. The van der Waals surface area contributed by atoms with Crippen LogP contribution < -0.4 is 15.4 Å². The first-order valence-corrected chi connectivity index (χ1v) is 14.0. The van der Waals surface area contributed by atoms with E-state index in [1.165, 1.54) is 17.4 Å². The van der Waals surface area contributed by atoms with Crippen LogP contribution in [0.15, 0.2) is 70.4 Å². The molecule has 7 nitrogen and oxygen atoms in total. The monoisotopic (exact) mass is 555 g/mol. The van der Waals surface area contributed by atoms with Gasteiger partial charge in [-0.3, -0.25) is 19.1 Å². The van der Waals surface area contributed by atoms with Gasteiger partial charge in [-0.1, -0.05) is 72.5 Å². The Labute approximate surface area is 237 Å². The number of carbonyl (C=O) groups excluding carboxylic acids is 1. The third kappa shape index (κ3) is 4.98. The molecule has 3 heterocycles. The predicted molar refractivity (Wildman–Crippen MR) is 162 cm³/mol. The number of thioether (sulfide) groups is 1. The first-order valence-electron chi connectivity index (χ1n) is 12.8. The Morgan fingerprint density at radius 3 is 2.18 bits per heavy atom. The lowest BCUT2D eigenvalue weighted by Crippen LogP contribution is -2.48. The largest absolute Gasteiger partial charge is 0.368 e. The Balaban J connectivity index is 1.52. The number of aromatic nitrogens is 1. The van der Waals surface area contributed by atoms with Gasteiger partial charge in [0.25, 0.3) is 11.5 Å². The SMILES string of the molecule is Cc1c(/C=C2/SC(=S)N(C(C)c3ccccc3)C2=O)c(N2CCN(c3ccccc3)CC2)n(C)c(=O)c1C#N. The average Bonchev–Trinajstić information content (AvgIpc) is 3.25. The molecule has 39 heavy (non-hydrogen) atoms. The van der Waals surface area contributed by atoms with Crippen LogP contribution in [0, 0.1) is 18.3 Å². The number of thiocarbonyl (C=S) groups is 1. The van der Waals surface area contributed by atoms with Crippen molar-refractivity contribution in [2.45, 2.75) is 19.9 Å². The van der Waals surface area contributed by atoms with Crippen LogP contribution in [0.3, 0.4) is 0 Å². The Morgan fingerprint density at radius 2 is 1.56 bits per heavy atom. The topological polar surface area (TPSA) is 72.6 Å². The third-order valence-electron chi connectivity index (χ3n) is 7.44. The zero-order chi connectivity index (χ0) is 27.7. The van der Waals surface area contributed by atoms with Gasteiger partial charge < -0.3 is 9.80 Å². The fourth-order valence-corrected chi connectivity index (χ4v) is 6.64. The van der Waals surface area contributed by atoms with Gasteiger partial charge in [-0.25, -0.2) is 0 Å². The lowest BCUT2D eigenvalue weighted by atomic mass is 10.0. The smallest absolute Gasteiger partial charge is 0.270 e. The molecule has 5 rings (SSSR count). The summed E-state index contributed by atoms with van der Waals surface area (Å²) in [7, 11) is 1.70. The molecule has 2 saturated heterocycles. The maximum Gasteiger partial charge on any atom is 0.270 e. The second kappa shape index (κ2) is 11.1. The van der Waals surface area contributed by atoms with Crippen LogP contribution in [0.4, 0.5) is 11.5 Å². The quantitative estimate of drug-likeness (QED) is 0.329. The van der Waals surface area contributed by atoms with Gasteiger partial charge in [-0.05, 0) is 43.2 Å². The number of pyridine rings is 1. The first kappa shape index (κ1) is 26.7. The predicted octanol–water partition coefficient (Wildman–Crippen LogP) is 4.85. The zero-order valence-corrected chi connectivity index (χ0v) is 23.8. The Hall–Kier alpha value is -3.87. The zero-order valence-electron chi connectivity index (χ0n) is 22.1. The average molecular weight is 556 g/mol. The van der Waals surface area contributed by atoms with Gasteiger partial charge in [-0.15, -0.1) is 0 Å². The number of carbonyl (C=O) groups is 1. The van der Waals surface area contributed by atoms with Crippen LogP contribution in [0.25, 0.3) is 6.08 Å². The minimum atomic E-state index is -0.335. The van der Waals surface area contributed by atoms with Crippen molar-refractivity contribution >= 4 is 51.8 Å². The summed E-state index contributed by atoms with van der Waals surface area (Å²) in [5.41, 5.74) is 3.19. The standard InChI is InChI=1S/C30H29N5O2S2/c1-20-24(18-26-29(37)35(30(38)39-26)21(2)22-10-6-4-7-11-22)27(32(3)28(36)25(20)19-31)34-16-14-33(15-17-34)23-12-8-5-9-13-23/h4-13,18,21H,14-17H2,1-3H3/b26-18+. The van der Waals surface area contributed by atoms with Crippen LogP contribution in [-0.2, 0) is 11.8 Å². The second-order valence-electron chi connectivity index (χ2n) is 9.66. The van der Waals surface area contributed by atoms with Gasteiger partial charge >= 0.3 is 0 Å². The summed E-state index contributed by atoms with van der Waals surface area (Å²) in [4.78, 5) is 33.4. The van der Waals surface area contributed by atoms with E-state index in [2.05, 4.69) is 28.0 Å². The number of anilines is 2. The Morgan fingerprint density at radius 1 is 0.974 bits per heavy atom. The molecule has 0 bridgehead atoms. The van der Waals surface area contributed by atoms with E-state index in [4.69, 9.17) is 12.2 Å². The van der Waals surface area contributed by atoms with Crippen LogP contribution in [0.1, 0.15) is 35.2 Å². The van der Waals surface area contributed by atoms with Crippen molar-refractivity contribution < 1.29 is 4.79 Å². The molecule has 9 heteroatoms. The van der Waals surface area contributed by atoms with E-state index < -0.39 is 0 Å². The molecule has 2 aromatic carbocycles. The number of para-hydroxylation sites is 1. The van der Waals surface area contributed by atoms with Crippen LogP contribution in [0.5, 0.6) is 0 Å². The molecular weight excluding hydrogens is 526 g/mol. The van der Waals surface area contributed by atoms with Gasteiger partial charge in [-0.2, -0.15) is 5.26 Å². The van der Waals surface area contributed by atoms with Crippen LogP contribution in [-0.4, -0.2) is 45.9 Å². The van der Waals surface area contributed by atoms with E-state index >= 15 is 0 Å². The highest BCUT2D eigenvalue weighted by Crippen LogP contribution is 2.39. The highest BCUT2D eigenvalue weighted by atomic mass is 32.2. The van der Waals surface area contributed by atoms with Crippen molar-refractivity contribution in [1.82, 2.24) is 9.47 Å². The summed E-state index contributed by atoms with van der Waals surface area (Å²) in [6.45, 7) is 6.70. The molecule has 2 aliphatic heterocycles. The van der Waals surface area contributed by atoms with E-state index in [0.29, 0.717) is 39.3 Å². The number of benzene rings is 2. The van der Waals surface area contributed by atoms with Crippen molar-refractivity contribution in [2.24, 2.45) is 7.05 Å². The van der Waals surface area contributed by atoms with Crippen LogP contribution >= 0.6 is 24.0 Å². The molecule has 0 spiro atoms. The fraction of sp³-hybridized carbons (Fsp3) is 0.267. The second-order valence-corrected chi connectivity index (χ2v) is 11.3. The maximum atomic E-state index is 13.6. The number of amides is 1. The lowest BCUT2D eigenvalue weighted by Gasteiger charge is -2.38. The summed E-state index contributed by atoms with van der Waals surface area (Å²) in [6, 6.07) is 21.9. The van der Waals surface area contributed by atoms with E-state index in [1.54, 1.807) is 23.4 Å². The maximum absolute atomic E-state index is 13.6. The number of piperazine rings is 1. The molecule has 198 valence electrons. The number of rotatable bonds is 5. The molecule has 1 aromatic heterocycles. The van der Waals surface area contributed by atoms with E-state index in [0.717, 1.165) is 18.7 Å². The lowest BCUT2D eigenvalue weighted by molar-refractivity contribution is -0.123. The molecule has 0 saturated carbocycles. The van der Waals surface area contributed by atoms with Crippen molar-refractivity contribution in [3.8, 4) is 6.07 Å². The molecule has 1 atom stereocenters. The molecule has 0 aliphatic carbocycles. The first-order chi connectivity index (χ1) is 18.8. The number of nitrogens with zero attached hydrogens (tertiary/aromatic N) is 5. The summed E-state index contributed by atoms with van der Waals surface area (Å²) >= 11 is 6.89. The van der Waals surface area contributed by atoms with Crippen molar-refractivity contribution in [3.05, 3.63) is 98.2 Å². The van der Waals surface area contributed by atoms with E-state index in [1.807, 2.05) is 61.5 Å². The highest BCUT2D eigenvalue weighted by Gasteiger charge is 2.36. The summed E-state index contributed by atoms with van der Waals surface area (Å²) in [5, 5.41) is 9.80. The Kier molecular flexibility index (Phi) is 7.60. The van der Waals surface area contributed by atoms with Crippen LogP contribution in [0.2, 0.25) is 0 Å². The number of hydrogen-bond acceptors (Lipinski definition) is 7. The van der Waals surface area contributed by atoms with Gasteiger partial charge in [0.1, 0.15) is 21.8 Å². The number of nitriles is 1. The van der Waals surface area contributed by atoms with Gasteiger partial charge in [0.15, 0.2) is 0 Å². The summed E-state index contributed by atoms with van der Waals surface area (Å²) in [6.07, 6.45) is 1.81. The molecule has 2 fully saturated rings. The minimum absolute atomic E-state index is 0.0866. The fourth-order valence-electron chi connectivity index (χ4n) is 5.23. The van der Waals surface area contributed by atoms with Crippen molar-refractivity contribution in [3.63, 3.8) is 0 Å². The molecule has 2 aliphatic rings. The summed E-state index contributed by atoms with van der Waals surface area (Å²) < 4.78 is 2.03. The molecule has 0 radical (unpaired) electrons. The van der Waals surface area contributed by atoms with E-state index in [-0.39, 0.29) is 23.1 Å². The third-order valence-corrected chi connectivity index (χ3v) is 8.77. The van der Waals surface area contributed by atoms with Crippen molar-refractivity contribution in [2.75, 3.05) is 36.0 Å². The van der Waals surface area contributed by atoms with E-state index in [9.17, 15) is 14.9 Å². The van der Waals surface area contributed by atoms with Gasteiger partial charge in [0.05, 0.1) is 10.9 Å².